The zero-order valence-electron chi connectivity index (χ0n) is 16.7. The fourth-order valence-corrected chi connectivity index (χ4v) is 6.18. The lowest BCUT2D eigenvalue weighted by Crippen LogP contribution is -2.51. The minimum atomic E-state index is -1.34. The van der Waals surface area contributed by atoms with Gasteiger partial charge in [-0.2, -0.15) is 0 Å². The van der Waals surface area contributed by atoms with Gasteiger partial charge >= 0.3 is 0 Å². The van der Waals surface area contributed by atoms with E-state index in [0.29, 0.717) is 0 Å². The zero-order chi connectivity index (χ0) is 21.5. The van der Waals surface area contributed by atoms with Gasteiger partial charge in [0.05, 0.1) is 23.5 Å². The summed E-state index contributed by atoms with van der Waals surface area (Å²) in [5.41, 5.74) is 3.95. The molecule has 31 heavy (non-hydrogen) atoms. The molecule has 1 saturated heterocycles. The first-order chi connectivity index (χ1) is 14.9. The van der Waals surface area contributed by atoms with Crippen LogP contribution in [0, 0.1) is 11.8 Å². The normalized spacial score (nSPS) is 27.6. The molecule has 4 aliphatic rings. The molecule has 0 aromatic heterocycles. The molecule has 2 bridgehead atoms. The molecular formula is C26H18NO4-. The van der Waals surface area contributed by atoms with Crippen LogP contribution in [0.5, 0.6) is 0 Å². The fraction of sp³-hybridized carbons (Fsp3) is 0.192. The van der Waals surface area contributed by atoms with Crippen LogP contribution < -0.4 is 10.0 Å². The number of carbonyl (C=O) groups is 3. The highest BCUT2D eigenvalue weighted by molar-refractivity contribution is 6.24. The second kappa shape index (κ2) is 5.91. The van der Waals surface area contributed by atoms with Crippen LogP contribution in [0.3, 0.4) is 0 Å². The van der Waals surface area contributed by atoms with Crippen LogP contribution in [-0.4, -0.2) is 17.8 Å². The van der Waals surface area contributed by atoms with E-state index in [1.165, 1.54) is 23.1 Å². The Morgan fingerprint density at radius 1 is 0.871 bits per heavy atom. The molecule has 3 aromatic rings. The topological polar surface area (TPSA) is 77.5 Å². The van der Waals surface area contributed by atoms with Crippen molar-refractivity contribution in [1.29, 1.82) is 0 Å². The highest BCUT2D eigenvalue weighted by atomic mass is 16.4. The summed E-state index contributed by atoms with van der Waals surface area (Å²) < 4.78 is 0. The van der Waals surface area contributed by atoms with E-state index in [-0.39, 0.29) is 29.0 Å². The number of carboxylic acids is 1. The molecule has 0 spiro atoms. The van der Waals surface area contributed by atoms with E-state index in [1.54, 1.807) is 6.07 Å². The number of anilines is 1. The van der Waals surface area contributed by atoms with Crippen LogP contribution in [0.1, 0.15) is 45.5 Å². The Morgan fingerprint density at radius 2 is 1.48 bits per heavy atom. The lowest BCUT2D eigenvalue weighted by molar-refractivity contribution is -0.255. The van der Waals surface area contributed by atoms with Crippen LogP contribution in [0.15, 0.2) is 72.8 Å². The number of amides is 2. The molecule has 1 aliphatic heterocycles. The molecule has 1 heterocycles. The fourth-order valence-electron chi connectivity index (χ4n) is 6.18. The molecule has 3 aliphatic carbocycles. The van der Waals surface area contributed by atoms with E-state index < -0.39 is 23.2 Å². The van der Waals surface area contributed by atoms with E-state index in [9.17, 15) is 19.5 Å². The van der Waals surface area contributed by atoms with Crippen molar-refractivity contribution in [2.75, 3.05) is 4.90 Å². The quantitative estimate of drug-likeness (QED) is 0.611. The number of benzene rings is 3. The first-order valence-corrected chi connectivity index (χ1v) is 10.3. The largest absolute Gasteiger partial charge is 0.545 e. The molecule has 1 fully saturated rings. The van der Waals surface area contributed by atoms with E-state index in [0.717, 1.165) is 22.3 Å². The number of carboxylic acid groups (broad SMARTS) is 1. The number of rotatable bonds is 2. The van der Waals surface area contributed by atoms with E-state index >= 15 is 0 Å². The zero-order valence-corrected chi connectivity index (χ0v) is 16.7. The van der Waals surface area contributed by atoms with Gasteiger partial charge < -0.3 is 9.90 Å². The molecule has 2 amide bonds. The Morgan fingerprint density at radius 3 is 2.10 bits per heavy atom. The number of carbonyl (C=O) groups excluding carboxylic acids is 3. The molecule has 0 radical (unpaired) electrons. The predicted octanol–water partition coefficient (Wildman–Crippen LogP) is 2.62. The van der Waals surface area contributed by atoms with Crippen molar-refractivity contribution in [1.82, 2.24) is 0 Å². The van der Waals surface area contributed by atoms with E-state index in [4.69, 9.17) is 0 Å². The molecule has 0 N–H and O–H groups in total. The van der Waals surface area contributed by atoms with Gasteiger partial charge in [-0.15, -0.1) is 0 Å². The standard InChI is InChI=1S/C26H19NO4/c1-26-18-11-4-2-9-16(18)20(17-10-3-5-12-19(17)26)21-22(26)24(29)27(23(21)28)15-8-6-7-14(13-15)25(30)31/h2-13,20-22H,1H3,(H,30,31)/p-1. The van der Waals surface area contributed by atoms with Gasteiger partial charge in [-0.1, -0.05) is 67.6 Å². The van der Waals surface area contributed by atoms with Crippen LogP contribution in [-0.2, 0) is 15.0 Å². The smallest absolute Gasteiger partial charge is 0.238 e. The van der Waals surface area contributed by atoms with Gasteiger partial charge in [-0.25, -0.2) is 4.90 Å². The molecule has 5 heteroatoms. The van der Waals surface area contributed by atoms with Gasteiger partial charge in [0, 0.05) is 11.3 Å². The van der Waals surface area contributed by atoms with Crippen molar-refractivity contribution in [2.24, 2.45) is 11.8 Å². The summed E-state index contributed by atoms with van der Waals surface area (Å²) in [5.74, 6) is -3.15. The number of hydrogen-bond donors (Lipinski definition) is 0. The van der Waals surface area contributed by atoms with Crippen molar-refractivity contribution in [3.8, 4) is 0 Å². The third-order valence-electron chi connectivity index (χ3n) is 7.38. The first-order valence-electron chi connectivity index (χ1n) is 10.3. The summed E-state index contributed by atoms with van der Waals surface area (Å²) in [7, 11) is 0. The Hall–Kier alpha value is -3.73. The summed E-state index contributed by atoms with van der Waals surface area (Å²) in [4.78, 5) is 40.0. The monoisotopic (exact) mass is 408 g/mol. The minimum absolute atomic E-state index is 0.0614. The Kier molecular flexibility index (Phi) is 3.45. The lowest BCUT2D eigenvalue weighted by Gasteiger charge is -2.52. The second-order valence-corrected chi connectivity index (χ2v) is 8.71. The molecule has 7 rings (SSSR count). The maximum absolute atomic E-state index is 13.8. The summed E-state index contributed by atoms with van der Waals surface area (Å²) in [6.45, 7) is 2.06. The summed E-state index contributed by atoms with van der Waals surface area (Å²) >= 11 is 0. The predicted molar refractivity (Wildman–Crippen MR) is 111 cm³/mol. The average Bonchev–Trinajstić information content (AvgIpc) is 3.06. The maximum Gasteiger partial charge on any atom is 0.238 e. The SMILES string of the molecule is CC12c3ccccc3C(c3ccccc31)C1C(=O)N(c3cccc(C(=O)[O-])c3)C(=O)C12. The van der Waals surface area contributed by atoms with Crippen LogP contribution in [0.4, 0.5) is 5.69 Å². The van der Waals surface area contributed by atoms with Crippen molar-refractivity contribution >= 4 is 23.5 Å². The Balaban J connectivity index is 1.58. The molecule has 2 atom stereocenters. The van der Waals surface area contributed by atoms with E-state index in [2.05, 4.69) is 31.2 Å². The molecule has 2 unspecified atom stereocenters. The summed E-state index contributed by atoms with van der Waals surface area (Å²) in [5, 5.41) is 11.3. The van der Waals surface area contributed by atoms with Crippen LogP contribution in [0.2, 0.25) is 0 Å². The molecule has 152 valence electrons. The molecule has 5 nitrogen and oxygen atoms in total. The van der Waals surface area contributed by atoms with Crippen LogP contribution in [0.25, 0.3) is 0 Å². The average molecular weight is 408 g/mol. The third-order valence-corrected chi connectivity index (χ3v) is 7.38. The van der Waals surface area contributed by atoms with Crippen LogP contribution >= 0.6 is 0 Å². The molecule has 3 aromatic carbocycles. The van der Waals surface area contributed by atoms with Gasteiger partial charge in [0.2, 0.25) is 11.8 Å². The van der Waals surface area contributed by atoms with Crippen molar-refractivity contribution in [2.45, 2.75) is 18.3 Å². The maximum atomic E-state index is 13.8. The first kappa shape index (κ1) is 18.1. The number of aromatic carboxylic acids is 1. The van der Waals surface area contributed by atoms with Gasteiger partial charge in [0.25, 0.3) is 0 Å². The Labute approximate surface area is 178 Å². The second-order valence-electron chi connectivity index (χ2n) is 8.71. The molecular weight excluding hydrogens is 390 g/mol. The van der Waals surface area contributed by atoms with Gasteiger partial charge in [0.1, 0.15) is 0 Å². The van der Waals surface area contributed by atoms with E-state index in [1.807, 2.05) is 24.3 Å². The van der Waals surface area contributed by atoms with Crippen molar-refractivity contribution in [3.05, 3.63) is 101 Å². The van der Waals surface area contributed by atoms with Crippen molar-refractivity contribution < 1.29 is 19.5 Å². The summed E-state index contributed by atoms with van der Waals surface area (Å²) in [6, 6.07) is 22.0. The van der Waals surface area contributed by atoms with Gasteiger partial charge in [-0.05, 0) is 39.9 Å². The Bertz CT molecular complexity index is 1260. The van der Waals surface area contributed by atoms with Gasteiger partial charge in [0.15, 0.2) is 0 Å². The van der Waals surface area contributed by atoms with Gasteiger partial charge in [-0.3, -0.25) is 9.59 Å². The molecule has 0 saturated carbocycles. The lowest BCUT2D eigenvalue weighted by atomic mass is 9.48. The van der Waals surface area contributed by atoms with Crippen molar-refractivity contribution in [3.63, 3.8) is 0 Å². The third kappa shape index (κ3) is 2.08. The number of hydrogen-bond acceptors (Lipinski definition) is 4. The number of imide groups is 1. The highest BCUT2D eigenvalue weighted by Gasteiger charge is 2.66. The number of nitrogens with zero attached hydrogens (tertiary/aromatic N) is 1. The summed E-state index contributed by atoms with van der Waals surface area (Å²) in [6.07, 6.45) is 0. The highest BCUT2D eigenvalue weighted by Crippen LogP contribution is 2.64. The minimum Gasteiger partial charge on any atom is -0.545 e.